The summed E-state index contributed by atoms with van der Waals surface area (Å²) in [7, 11) is 0. The molecule has 1 aromatic heterocycles. The molecule has 0 aliphatic carbocycles. The van der Waals surface area contributed by atoms with Gasteiger partial charge in [-0.15, -0.1) is 0 Å². The summed E-state index contributed by atoms with van der Waals surface area (Å²) in [4.78, 5) is 11.2. The first-order chi connectivity index (χ1) is 5.70. The van der Waals surface area contributed by atoms with Crippen LogP contribution in [-0.4, -0.2) is 16.0 Å². The van der Waals surface area contributed by atoms with Gasteiger partial charge in [0, 0.05) is 5.69 Å². The molecular weight excluding hydrogens is 152 g/mol. The summed E-state index contributed by atoms with van der Waals surface area (Å²) in [5, 5.41) is 6.97. The maximum atomic E-state index is 11.2. The van der Waals surface area contributed by atoms with Crippen LogP contribution in [0.25, 0.3) is 0 Å². The van der Waals surface area contributed by atoms with Gasteiger partial charge in [0.2, 0.25) is 0 Å². The monoisotopic (exact) mass is 166 g/mol. The molecule has 0 aromatic carbocycles. The van der Waals surface area contributed by atoms with Crippen molar-refractivity contribution in [2.75, 3.05) is 0 Å². The van der Waals surface area contributed by atoms with Crippen molar-refractivity contribution in [3.05, 3.63) is 17.0 Å². The van der Waals surface area contributed by atoms with E-state index in [1.165, 1.54) is 0 Å². The molecule has 0 radical (unpaired) electrons. The van der Waals surface area contributed by atoms with Gasteiger partial charge in [-0.05, 0) is 19.8 Å². The Bertz CT molecular complexity index is 267. The van der Waals surface area contributed by atoms with Crippen molar-refractivity contribution in [1.29, 1.82) is 0 Å². The van der Waals surface area contributed by atoms with Crippen LogP contribution in [-0.2, 0) is 12.8 Å². The Balaban J connectivity index is 3.16. The van der Waals surface area contributed by atoms with E-state index in [9.17, 15) is 4.79 Å². The predicted molar refractivity (Wildman–Crippen MR) is 47.3 cm³/mol. The number of H-pyrrole nitrogens is 1. The fourth-order valence-corrected chi connectivity index (χ4v) is 1.35. The Morgan fingerprint density at radius 2 is 2.08 bits per heavy atom. The summed E-state index contributed by atoms with van der Waals surface area (Å²) in [5.41, 5.74) is 2.64. The third-order valence-electron chi connectivity index (χ3n) is 1.96. The van der Waals surface area contributed by atoms with Crippen LogP contribution in [0.5, 0.6) is 0 Å². The lowest BCUT2D eigenvalue weighted by molar-refractivity contribution is 0.101. The standard InChI is InChI=1S/C9H14N2O/c1-4-7-9(6(3)12)8(5-2)11-10-7/h4-5H2,1-3H3,(H,10,11). The van der Waals surface area contributed by atoms with E-state index in [1.807, 2.05) is 13.8 Å². The summed E-state index contributed by atoms with van der Waals surface area (Å²) < 4.78 is 0. The van der Waals surface area contributed by atoms with E-state index in [2.05, 4.69) is 10.2 Å². The number of Topliss-reactive ketones (excluding diaryl/α,β-unsaturated/α-hetero) is 1. The van der Waals surface area contributed by atoms with Gasteiger partial charge < -0.3 is 0 Å². The van der Waals surface area contributed by atoms with E-state index in [-0.39, 0.29) is 5.78 Å². The average Bonchev–Trinajstić information content (AvgIpc) is 2.46. The molecule has 0 fully saturated rings. The molecule has 0 atom stereocenters. The summed E-state index contributed by atoms with van der Waals surface area (Å²) in [6.45, 7) is 5.60. The second-order valence-corrected chi connectivity index (χ2v) is 2.79. The van der Waals surface area contributed by atoms with Crippen molar-refractivity contribution in [2.24, 2.45) is 0 Å². The molecular formula is C9H14N2O. The van der Waals surface area contributed by atoms with Crippen LogP contribution in [0.4, 0.5) is 0 Å². The first-order valence-electron chi connectivity index (χ1n) is 4.27. The third-order valence-corrected chi connectivity index (χ3v) is 1.96. The lowest BCUT2D eigenvalue weighted by Crippen LogP contribution is -1.99. The molecule has 1 rings (SSSR count). The molecule has 0 bridgehead atoms. The zero-order valence-electron chi connectivity index (χ0n) is 7.77. The van der Waals surface area contributed by atoms with Gasteiger partial charge in [0.15, 0.2) is 5.78 Å². The Morgan fingerprint density at radius 3 is 2.50 bits per heavy atom. The molecule has 0 spiro atoms. The molecule has 0 aliphatic heterocycles. The van der Waals surface area contributed by atoms with Gasteiger partial charge in [-0.3, -0.25) is 9.89 Å². The van der Waals surface area contributed by atoms with E-state index in [1.54, 1.807) is 6.92 Å². The number of hydrogen-bond donors (Lipinski definition) is 1. The number of aromatic amines is 1. The molecule has 0 saturated heterocycles. The lowest BCUT2D eigenvalue weighted by atomic mass is 10.1. The highest BCUT2D eigenvalue weighted by atomic mass is 16.1. The summed E-state index contributed by atoms with van der Waals surface area (Å²) in [6, 6.07) is 0. The van der Waals surface area contributed by atoms with Crippen LogP contribution in [0.1, 0.15) is 42.5 Å². The molecule has 1 N–H and O–H groups in total. The largest absolute Gasteiger partial charge is 0.294 e. The summed E-state index contributed by atoms with van der Waals surface area (Å²) in [6.07, 6.45) is 1.65. The predicted octanol–water partition coefficient (Wildman–Crippen LogP) is 1.74. The van der Waals surface area contributed by atoms with Crippen LogP contribution < -0.4 is 0 Å². The molecule has 0 amide bonds. The van der Waals surface area contributed by atoms with Gasteiger partial charge in [0.1, 0.15) is 0 Å². The summed E-state index contributed by atoms with van der Waals surface area (Å²) in [5.74, 6) is 0.109. The van der Waals surface area contributed by atoms with Crippen LogP contribution in [0, 0.1) is 0 Å². The number of carbonyl (C=O) groups is 1. The fourth-order valence-electron chi connectivity index (χ4n) is 1.35. The highest BCUT2D eigenvalue weighted by molar-refractivity contribution is 5.96. The Morgan fingerprint density at radius 1 is 1.42 bits per heavy atom. The van der Waals surface area contributed by atoms with Gasteiger partial charge in [-0.2, -0.15) is 5.10 Å². The average molecular weight is 166 g/mol. The zero-order valence-corrected chi connectivity index (χ0v) is 7.77. The van der Waals surface area contributed by atoms with E-state index >= 15 is 0 Å². The first-order valence-corrected chi connectivity index (χ1v) is 4.27. The molecule has 66 valence electrons. The smallest absolute Gasteiger partial charge is 0.163 e. The molecule has 3 heteroatoms. The van der Waals surface area contributed by atoms with Crippen LogP contribution in [0.15, 0.2) is 0 Å². The van der Waals surface area contributed by atoms with Crippen molar-refractivity contribution < 1.29 is 4.79 Å². The van der Waals surface area contributed by atoms with E-state index in [4.69, 9.17) is 0 Å². The second kappa shape index (κ2) is 3.52. The first kappa shape index (κ1) is 8.97. The molecule has 0 saturated carbocycles. The minimum Gasteiger partial charge on any atom is -0.294 e. The van der Waals surface area contributed by atoms with Gasteiger partial charge in [-0.1, -0.05) is 13.8 Å². The van der Waals surface area contributed by atoms with E-state index < -0.39 is 0 Å². The molecule has 3 nitrogen and oxygen atoms in total. The lowest BCUT2D eigenvalue weighted by Gasteiger charge is -1.96. The summed E-state index contributed by atoms with van der Waals surface area (Å²) >= 11 is 0. The number of hydrogen-bond acceptors (Lipinski definition) is 2. The molecule has 0 aliphatic rings. The SMILES string of the molecule is CCc1n[nH]c(CC)c1C(C)=O. The van der Waals surface area contributed by atoms with Gasteiger partial charge in [0.05, 0.1) is 11.3 Å². The van der Waals surface area contributed by atoms with Crippen molar-refractivity contribution in [1.82, 2.24) is 10.2 Å². The minimum atomic E-state index is 0.109. The minimum absolute atomic E-state index is 0.109. The Labute approximate surface area is 72.2 Å². The van der Waals surface area contributed by atoms with Crippen molar-refractivity contribution in [3.63, 3.8) is 0 Å². The normalized spacial score (nSPS) is 10.2. The van der Waals surface area contributed by atoms with Crippen LogP contribution >= 0.6 is 0 Å². The van der Waals surface area contributed by atoms with Gasteiger partial charge >= 0.3 is 0 Å². The Kier molecular flexibility index (Phi) is 2.63. The van der Waals surface area contributed by atoms with E-state index in [0.29, 0.717) is 0 Å². The molecule has 1 aromatic rings. The number of aryl methyl sites for hydroxylation is 2. The molecule has 1 heterocycles. The maximum absolute atomic E-state index is 11.2. The number of rotatable bonds is 3. The molecule has 12 heavy (non-hydrogen) atoms. The highest BCUT2D eigenvalue weighted by Gasteiger charge is 2.13. The number of carbonyl (C=O) groups excluding carboxylic acids is 1. The van der Waals surface area contributed by atoms with Gasteiger partial charge in [-0.25, -0.2) is 0 Å². The highest BCUT2D eigenvalue weighted by Crippen LogP contribution is 2.12. The van der Waals surface area contributed by atoms with E-state index in [0.717, 1.165) is 29.8 Å². The second-order valence-electron chi connectivity index (χ2n) is 2.79. The van der Waals surface area contributed by atoms with Crippen LogP contribution in [0.3, 0.4) is 0 Å². The topological polar surface area (TPSA) is 45.8 Å². The van der Waals surface area contributed by atoms with Gasteiger partial charge in [0.25, 0.3) is 0 Å². The van der Waals surface area contributed by atoms with Crippen molar-refractivity contribution in [3.8, 4) is 0 Å². The van der Waals surface area contributed by atoms with Crippen molar-refractivity contribution >= 4 is 5.78 Å². The molecule has 0 unspecified atom stereocenters. The number of aromatic nitrogens is 2. The maximum Gasteiger partial charge on any atom is 0.163 e. The quantitative estimate of drug-likeness (QED) is 0.695. The number of nitrogens with one attached hydrogen (secondary N) is 1. The van der Waals surface area contributed by atoms with Crippen molar-refractivity contribution in [2.45, 2.75) is 33.6 Å². The fraction of sp³-hybridized carbons (Fsp3) is 0.556. The number of nitrogens with zero attached hydrogens (tertiary/aromatic N) is 1. The van der Waals surface area contributed by atoms with Crippen LogP contribution in [0.2, 0.25) is 0 Å². The number of ketones is 1. The third kappa shape index (κ3) is 1.40. The zero-order chi connectivity index (χ0) is 9.14. The Hall–Kier alpha value is -1.12.